The number of nitrogens with zero attached hydrogens (tertiary/aromatic N) is 2. The van der Waals surface area contributed by atoms with Gasteiger partial charge in [0.15, 0.2) is 0 Å². The number of amides is 1. The molecule has 1 amide bonds. The maximum atomic E-state index is 11.9. The second kappa shape index (κ2) is 5.36. The molecule has 1 saturated carbocycles. The number of nitrogens with one attached hydrogen (secondary N) is 2. The minimum atomic E-state index is -0.167. The van der Waals surface area contributed by atoms with Crippen molar-refractivity contribution in [1.82, 2.24) is 15.3 Å². The third-order valence-electron chi connectivity index (χ3n) is 4.03. The summed E-state index contributed by atoms with van der Waals surface area (Å²) < 4.78 is 0. The van der Waals surface area contributed by atoms with Gasteiger partial charge in [0.1, 0.15) is 17.3 Å². The summed E-state index contributed by atoms with van der Waals surface area (Å²) in [6.07, 6.45) is 4.12. The van der Waals surface area contributed by atoms with E-state index < -0.39 is 0 Å². The molecule has 0 spiro atoms. The quantitative estimate of drug-likeness (QED) is 0.743. The molecule has 0 bridgehead atoms. The van der Waals surface area contributed by atoms with Crippen molar-refractivity contribution in [1.29, 1.82) is 0 Å². The number of aromatic nitrogens is 2. The van der Waals surface area contributed by atoms with Crippen molar-refractivity contribution in [2.45, 2.75) is 51.2 Å². The van der Waals surface area contributed by atoms with Crippen molar-refractivity contribution < 1.29 is 9.90 Å². The van der Waals surface area contributed by atoms with E-state index in [2.05, 4.69) is 20.6 Å². The maximum Gasteiger partial charge on any atom is 0.270 e. The molecular weight excluding hydrogens is 256 g/mol. The van der Waals surface area contributed by atoms with Gasteiger partial charge in [-0.3, -0.25) is 4.79 Å². The van der Waals surface area contributed by atoms with E-state index >= 15 is 0 Å². The average Bonchev–Trinajstić information content (AvgIpc) is 2.42. The number of fused-ring (bicyclic) bond motifs is 1. The van der Waals surface area contributed by atoms with E-state index in [9.17, 15) is 9.90 Å². The normalized spacial score (nSPS) is 25.8. The van der Waals surface area contributed by atoms with E-state index in [1.54, 1.807) is 6.92 Å². The zero-order valence-electron chi connectivity index (χ0n) is 11.6. The monoisotopic (exact) mass is 276 g/mol. The molecule has 1 aromatic rings. The lowest BCUT2D eigenvalue weighted by Gasteiger charge is -2.28. The number of hydrogen-bond acceptors (Lipinski definition) is 5. The van der Waals surface area contributed by atoms with Gasteiger partial charge in [-0.1, -0.05) is 0 Å². The second-order valence-corrected chi connectivity index (χ2v) is 5.60. The van der Waals surface area contributed by atoms with Crippen molar-refractivity contribution in [3.8, 4) is 0 Å². The zero-order chi connectivity index (χ0) is 14.1. The van der Waals surface area contributed by atoms with Gasteiger partial charge in [-0.15, -0.1) is 0 Å². The largest absolute Gasteiger partial charge is 0.393 e. The molecule has 3 N–H and O–H groups in total. The molecule has 0 saturated heterocycles. The fraction of sp³-hybridized carbons (Fsp3) is 0.643. The molecule has 3 rings (SSSR count). The molecular formula is C14H20N4O2. The van der Waals surface area contributed by atoms with Gasteiger partial charge in [0, 0.05) is 18.2 Å². The van der Waals surface area contributed by atoms with Crippen molar-refractivity contribution in [2.24, 2.45) is 0 Å². The lowest BCUT2D eigenvalue weighted by Crippen LogP contribution is -2.35. The summed E-state index contributed by atoms with van der Waals surface area (Å²) in [6, 6.07) is 0.321. The molecule has 2 heterocycles. The summed E-state index contributed by atoms with van der Waals surface area (Å²) >= 11 is 0. The minimum Gasteiger partial charge on any atom is -0.393 e. The molecule has 20 heavy (non-hydrogen) atoms. The van der Waals surface area contributed by atoms with Crippen LogP contribution in [0.25, 0.3) is 0 Å². The molecule has 2 aliphatic rings. The van der Waals surface area contributed by atoms with Gasteiger partial charge in [-0.2, -0.15) is 0 Å². The van der Waals surface area contributed by atoms with Crippen LogP contribution in [0.3, 0.4) is 0 Å². The first kappa shape index (κ1) is 13.3. The SMILES string of the molecule is Cc1nc(NC2CCC(O)CC2)c2c(n1)C(=O)NCC2. The van der Waals surface area contributed by atoms with Crippen molar-refractivity contribution in [3.05, 3.63) is 17.1 Å². The highest BCUT2D eigenvalue weighted by Gasteiger charge is 2.25. The maximum absolute atomic E-state index is 11.9. The predicted octanol–water partition coefficient (Wildman–Crippen LogP) is 0.786. The van der Waals surface area contributed by atoms with Gasteiger partial charge in [0.25, 0.3) is 5.91 Å². The first-order chi connectivity index (χ1) is 9.63. The number of carbonyl (C=O) groups is 1. The Labute approximate surface area is 118 Å². The van der Waals surface area contributed by atoms with E-state index in [0.717, 1.165) is 43.5 Å². The summed E-state index contributed by atoms with van der Waals surface area (Å²) in [7, 11) is 0. The van der Waals surface area contributed by atoms with Crippen LogP contribution in [-0.4, -0.2) is 39.7 Å². The third kappa shape index (κ3) is 2.60. The predicted molar refractivity (Wildman–Crippen MR) is 74.7 cm³/mol. The van der Waals surface area contributed by atoms with E-state index in [1.165, 1.54) is 0 Å². The molecule has 1 aliphatic carbocycles. The Kier molecular flexibility index (Phi) is 3.56. The lowest BCUT2D eigenvalue weighted by molar-refractivity contribution is 0.0940. The van der Waals surface area contributed by atoms with Crippen LogP contribution in [0.4, 0.5) is 5.82 Å². The van der Waals surface area contributed by atoms with Crippen LogP contribution < -0.4 is 10.6 Å². The number of aryl methyl sites for hydroxylation is 1. The van der Waals surface area contributed by atoms with E-state index in [0.29, 0.717) is 24.1 Å². The summed E-state index contributed by atoms with van der Waals surface area (Å²) in [5, 5.41) is 15.8. The van der Waals surface area contributed by atoms with Crippen LogP contribution in [0.15, 0.2) is 0 Å². The number of aliphatic hydroxyl groups is 1. The molecule has 1 aromatic heterocycles. The first-order valence-electron chi connectivity index (χ1n) is 7.24. The highest BCUT2D eigenvalue weighted by Crippen LogP contribution is 2.25. The molecule has 0 aromatic carbocycles. The lowest BCUT2D eigenvalue weighted by atomic mass is 9.93. The fourth-order valence-electron chi connectivity index (χ4n) is 2.94. The smallest absolute Gasteiger partial charge is 0.270 e. The fourth-order valence-corrected chi connectivity index (χ4v) is 2.94. The minimum absolute atomic E-state index is 0.112. The topological polar surface area (TPSA) is 87.1 Å². The van der Waals surface area contributed by atoms with Crippen LogP contribution in [0.1, 0.15) is 47.6 Å². The Hall–Kier alpha value is -1.69. The molecule has 6 heteroatoms. The van der Waals surface area contributed by atoms with Crippen molar-refractivity contribution in [3.63, 3.8) is 0 Å². The number of hydrogen-bond donors (Lipinski definition) is 3. The highest BCUT2D eigenvalue weighted by molar-refractivity contribution is 5.95. The molecule has 0 radical (unpaired) electrons. The first-order valence-corrected chi connectivity index (χ1v) is 7.24. The number of carbonyl (C=O) groups excluding carboxylic acids is 1. The molecule has 1 aliphatic heterocycles. The average molecular weight is 276 g/mol. The van der Waals surface area contributed by atoms with Gasteiger partial charge in [-0.05, 0) is 39.0 Å². The zero-order valence-corrected chi connectivity index (χ0v) is 11.6. The van der Waals surface area contributed by atoms with Gasteiger partial charge in [0.2, 0.25) is 0 Å². The van der Waals surface area contributed by atoms with E-state index in [-0.39, 0.29) is 12.0 Å². The Morgan fingerprint density at radius 2 is 2.00 bits per heavy atom. The number of anilines is 1. The molecule has 1 fully saturated rings. The Morgan fingerprint density at radius 1 is 1.25 bits per heavy atom. The van der Waals surface area contributed by atoms with Crippen LogP contribution in [0.2, 0.25) is 0 Å². The second-order valence-electron chi connectivity index (χ2n) is 5.60. The van der Waals surface area contributed by atoms with Gasteiger partial charge in [-0.25, -0.2) is 9.97 Å². The van der Waals surface area contributed by atoms with Crippen LogP contribution in [-0.2, 0) is 6.42 Å². The highest BCUT2D eigenvalue weighted by atomic mass is 16.3. The van der Waals surface area contributed by atoms with Crippen LogP contribution in [0, 0.1) is 6.92 Å². The Morgan fingerprint density at radius 3 is 2.75 bits per heavy atom. The van der Waals surface area contributed by atoms with Crippen molar-refractivity contribution >= 4 is 11.7 Å². The Balaban J connectivity index is 1.84. The van der Waals surface area contributed by atoms with E-state index in [1.807, 2.05) is 0 Å². The molecule has 0 unspecified atom stereocenters. The van der Waals surface area contributed by atoms with Crippen LogP contribution in [0.5, 0.6) is 0 Å². The van der Waals surface area contributed by atoms with Gasteiger partial charge < -0.3 is 15.7 Å². The van der Waals surface area contributed by atoms with Crippen molar-refractivity contribution in [2.75, 3.05) is 11.9 Å². The molecule has 108 valence electrons. The standard InChI is InChI=1S/C14H20N4O2/c1-8-16-12-11(6-7-15-14(12)20)13(17-8)18-9-2-4-10(19)5-3-9/h9-10,19H,2-7H2,1H3,(H,15,20)(H,16,17,18). The summed E-state index contributed by atoms with van der Waals surface area (Å²) in [5.41, 5.74) is 1.42. The van der Waals surface area contributed by atoms with Gasteiger partial charge >= 0.3 is 0 Å². The number of aliphatic hydroxyl groups excluding tert-OH is 1. The number of rotatable bonds is 2. The summed E-state index contributed by atoms with van der Waals surface area (Å²) in [6.45, 7) is 2.44. The summed E-state index contributed by atoms with van der Waals surface area (Å²) in [4.78, 5) is 20.6. The third-order valence-corrected chi connectivity index (χ3v) is 4.03. The summed E-state index contributed by atoms with van der Waals surface area (Å²) in [5.74, 6) is 1.29. The van der Waals surface area contributed by atoms with Gasteiger partial charge in [0.05, 0.1) is 6.10 Å². The molecule has 6 nitrogen and oxygen atoms in total. The van der Waals surface area contributed by atoms with Crippen LogP contribution >= 0.6 is 0 Å². The van der Waals surface area contributed by atoms with E-state index in [4.69, 9.17) is 0 Å². The molecule has 0 atom stereocenters. The Bertz CT molecular complexity index is 524.